The molecule has 6 heteroatoms. The zero-order valence-electron chi connectivity index (χ0n) is 13.1. The van der Waals surface area contributed by atoms with Crippen LogP contribution in [0, 0.1) is 0 Å². The summed E-state index contributed by atoms with van der Waals surface area (Å²) < 4.78 is 1.74. The van der Waals surface area contributed by atoms with Crippen LogP contribution in [0.5, 0.6) is 0 Å². The van der Waals surface area contributed by atoms with Gasteiger partial charge in [-0.1, -0.05) is 12.1 Å². The van der Waals surface area contributed by atoms with Crippen LogP contribution in [-0.4, -0.2) is 45.0 Å². The number of aliphatic hydroxyl groups is 1. The highest BCUT2D eigenvalue weighted by molar-refractivity contribution is 5.92. The number of hydrogen-bond acceptors (Lipinski definition) is 3. The average Bonchev–Trinajstić information content (AvgIpc) is 3.25. The van der Waals surface area contributed by atoms with Crippen molar-refractivity contribution in [2.75, 3.05) is 18.5 Å². The summed E-state index contributed by atoms with van der Waals surface area (Å²) in [4.78, 5) is 14.5. The number of aromatic nitrogens is 2. The third kappa shape index (κ3) is 3.90. The van der Waals surface area contributed by atoms with Crippen LogP contribution in [0.1, 0.15) is 25.7 Å². The van der Waals surface area contributed by atoms with E-state index in [1.54, 1.807) is 10.9 Å². The van der Waals surface area contributed by atoms with Crippen molar-refractivity contribution >= 4 is 11.7 Å². The van der Waals surface area contributed by atoms with Crippen molar-refractivity contribution in [3.8, 4) is 5.69 Å². The van der Waals surface area contributed by atoms with E-state index in [0.29, 0.717) is 12.6 Å². The first-order chi connectivity index (χ1) is 11.3. The van der Waals surface area contributed by atoms with Crippen LogP contribution in [0.25, 0.3) is 5.69 Å². The molecule has 1 aliphatic rings. The fourth-order valence-corrected chi connectivity index (χ4v) is 2.61. The van der Waals surface area contributed by atoms with E-state index in [-0.39, 0.29) is 12.6 Å². The van der Waals surface area contributed by atoms with Gasteiger partial charge in [-0.2, -0.15) is 5.10 Å². The van der Waals surface area contributed by atoms with Gasteiger partial charge in [-0.05, 0) is 43.9 Å². The number of anilines is 1. The molecule has 0 aliphatic heterocycles. The third-order valence-electron chi connectivity index (χ3n) is 3.95. The molecule has 1 aliphatic carbocycles. The number of urea groups is 1. The lowest BCUT2D eigenvalue weighted by Crippen LogP contribution is -2.37. The number of carbonyl (C=O) groups is 1. The molecule has 2 N–H and O–H groups in total. The van der Waals surface area contributed by atoms with Crippen molar-refractivity contribution in [1.82, 2.24) is 14.7 Å². The van der Waals surface area contributed by atoms with Gasteiger partial charge in [-0.3, -0.25) is 0 Å². The lowest BCUT2D eigenvalue weighted by Gasteiger charge is -2.23. The monoisotopic (exact) mass is 314 g/mol. The Morgan fingerprint density at radius 3 is 2.83 bits per heavy atom. The molecule has 0 saturated heterocycles. The highest BCUT2D eigenvalue weighted by Gasteiger charge is 2.32. The van der Waals surface area contributed by atoms with E-state index in [4.69, 9.17) is 5.11 Å². The SMILES string of the molecule is O=C(Nc1ccccc1-n1cccn1)N(CCCCO)C1CC1. The Labute approximate surface area is 135 Å². The average molecular weight is 314 g/mol. The molecular weight excluding hydrogens is 292 g/mol. The Morgan fingerprint density at radius 2 is 2.13 bits per heavy atom. The molecule has 1 aromatic heterocycles. The molecule has 2 amide bonds. The third-order valence-corrected chi connectivity index (χ3v) is 3.95. The highest BCUT2D eigenvalue weighted by atomic mass is 16.3. The number of rotatable bonds is 7. The summed E-state index contributed by atoms with van der Waals surface area (Å²) in [6, 6.07) is 9.74. The van der Waals surface area contributed by atoms with E-state index >= 15 is 0 Å². The Morgan fingerprint density at radius 1 is 1.30 bits per heavy atom. The van der Waals surface area contributed by atoms with Crippen LogP contribution in [0.2, 0.25) is 0 Å². The van der Waals surface area contributed by atoms with E-state index in [2.05, 4.69) is 10.4 Å². The first-order valence-corrected chi connectivity index (χ1v) is 8.07. The maximum absolute atomic E-state index is 12.6. The second-order valence-corrected chi connectivity index (χ2v) is 5.75. The smallest absolute Gasteiger partial charge is 0.322 e. The molecule has 6 nitrogen and oxygen atoms in total. The van der Waals surface area contributed by atoms with Crippen LogP contribution < -0.4 is 5.32 Å². The minimum absolute atomic E-state index is 0.0787. The summed E-state index contributed by atoms with van der Waals surface area (Å²) in [6.07, 6.45) is 7.23. The van der Waals surface area contributed by atoms with Crippen molar-refractivity contribution in [1.29, 1.82) is 0 Å². The van der Waals surface area contributed by atoms with E-state index in [0.717, 1.165) is 37.1 Å². The van der Waals surface area contributed by atoms with Crippen molar-refractivity contribution in [3.05, 3.63) is 42.7 Å². The van der Waals surface area contributed by atoms with Gasteiger partial charge in [0.2, 0.25) is 0 Å². The maximum atomic E-state index is 12.6. The first kappa shape index (κ1) is 15.6. The molecule has 3 rings (SSSR count). The van der Waals surface area contributed by atoms with Gasteiger partial charge >= 0.3 is 6.03 Å². The van der Waals surface area contributed by atoms with Gasteiger partial charge in [0.05, 0.1) is 11.4 Å². The highest BCUT2D eigenvalue weighted by Crippen LogP contribution is 2.28. The number of unbranched alkanes of at least 4 members (excludes halogenated alkanes) is 1. The van der Waals surface area contributed by atoms with Crippen molar-refractivity contribution in [3.63, 3.8) is 0 Å². The number of benzene rings is 1. The standard InChI is InChI=1S/C17H22N4O2/c22-13-4-3-11-20(14-8-9-14)17(23)19-15-6-1-2-7-16(15)21-12-5-10-18-21/h1-2,5-7,10,12,14,22H,3-4,8-9,11,13H2,(H,19,23). The Kier molecular flexibility index (Phi) is 4.92. The van der Waals surface area contributed by atoms with Crippen LogP contribution in [-0.2, 0) is 0 Å². The number of carbonyl (C=O) groups excluding carboxylic acids is 1. The van der Waals surface area contributed by atoms with Crippen molar-refractivity contribution < 1.29 is 9.90 Å². The number of nitrogens with one attached hydrogen (secondary N) is 1. The molecule has 1 fully saturated rings. The Balaban J connectivity index is 1.72. The van der Waals surface area contributed by atoms with Gasteiger partial charge in [0, 0.05) is 31.6 Å². The molecule has 0 spiro atoms. The molecule has 0 bridgehead atoms. The Hall–Kier alpha value is -2.34. The van der Waals surface area contributed by atoms with Gasteiger partial charge in [-0.15, -0.1) is 0 Å². The fourth-order valence-electron chi connectivity index (χ4n) is 2.61. The predicted octanol–water partition coefficient (Wildman–Crippen LogP) is 2.64. The lowest BCUT2D eigenvalue weighted by molar-refractivity contribution is 0.204. The van der Waals surface area contributed by atoms with Gasteiger partial charge in [0.25, 0.3) is 0 Å². The number of amides is 2. The van der Waals surface area contributed by atoms with E-state index in [1.165, 1.54) is 0 Å². The molecule has 23 heavy (non-hydrogen) atoms. The largest absolute Gasteiger partial charge is 0.396 e. The molecule has 0 atom stereocenters. The summed E-state index contributed by atoms with van der Waals surface area (Å²) in [7, 11) is 0. The molecule has 1 aromatic carbocycles. The van der Waals surface area contributed by atoms with Crippen LogP contribution >= 0.6 is 0 Å². The number of nitrogens with zero attached hydrogens (tertiary/aromatic N) is 3. The van der Waals surface area contributed by atoms with E-state index < -0.39 is 0 Å². The Bertz CT molecular complexity index is 638. The molecular formula is C17H22N4O2. The minimum atomic E-state index is -0.0787. The predicted molar refractivity (Wildman–Crippen MR) is 88.6 cm³/mol. The van der Waals surface area contributed by atoms with Gasteiger partial charge in [-0.25, -0.2) is 9.48 Å². The molecule has 0 unspecified atom stereocenters. The fraction of sp³-hybridized carbons (Fsp3) is 0.412. The maximum Gasteiger partial charge on any atom is 0.322 e. The number of hydrogen-bond donors (Lipinski definition) is 2. The van der Waals surface area contributed by atoms with Crippen LogP contribution in [0.15, 0.2) is 42.7 Å². The minimum Gasteiger partial charge on any atom is -0.396 e. The second kappa shape index (κ2) is 7.28. The molecule has 1 saturated carbocycles. The zero-order chi connectivity index (χ0) is 16.1. The summed E-state index contributed by atoms with van der Waals surface area (Å²) in [5, 5.41) is 16.2. The zero-order valence-corrected chi connectivity index (χ0v) is 13.1. The summed E-state index contributed by atoms with van der Waals surface area (Å²) >= 11 is 0. The molecule has 1 heterocycles. The topological polar surface area (TPSA) is 70.4 Å². The number of para-hydroxylation sites is 2. The second-order valence-electron chi connectivity index (χ2n) is 5.75. The van der Waals surface area contributed by atoms with Gasteiger partial charge in [0.1, 0.15) is 0 Å². The summed E-state index contributed by atoms with van der Waals surface area (Å²) in [5.41, 5.74) is 1.59. The van der Waals surface area contributed by atoms with Crippen LogP contribution in [0.4, 0.5) is 10.5 Å². The van der Waals surface area contributed by atoms with Crippen LogP contribution in [0.3, 0.4) is 0 Å². The lowest BCUT2D eigenvalue weighted by atomic mass is 10.2. The number of aliphatic hydroxyl groups excluding tert-OH is 1. The summed E-state index contributed by atoms with van der Waals surface area (Å²) in [5.74, 6) is 0. The summed E-state index contributed by atoms with van der Waals surface area (Å²) in [6.45, 7) is 0.850. The van der Waals surface area contributed by atoms with Crippen molar-refractivity contribution in [2.45, 2.75) is 31.7 Å². The van der Waals surface area contributed by atoms with E-state index in [1.807, 2.05) is 41.4 Å². The normalized spacial score (nSPS) is 13.8. The quantitative estimate of drug-likeness (QED) is 0.772. The first-order valence-electron chi connectivity index (χ1n) is 8.07. The van der Waals surface area contributed by atoms with Gasteiger partial charge in [0.15, 0.2) is 0 Å². The van der Waals surface area contributed by atoms with Crippen molar-refractivity contribution in [2.24, 2.45) is 0 Å². The molecule has 122 valence electrons. The molecule has 2 aromatic rings. The van der Waals surface area contributed by atoms with E-state index in [9.17, 15) is 4.79 Å². The molecule has 0 radical (unpaired) electrons. The van der Waals surface area contributed by atoms with Gasteiger partial charge < -0.3 is 15.3 Å².